The Balaban J connectivity index is 2.45. The molecule has 0 saturated heterocycles. The van der Waals surface area contributed by atoms with Crippen molar-refractivity contribution in [1.29, 1.82) is 0 Å². The van der Waals surface area contributed by atoms with Crippen LogP contribution in [0.2, 0.25) is 0 Å². The third-order valence-electron chi connectivity index (χ3n) is 2.67. The van der Waals surface area contributed by atoms with Crippen molar-refractivity contribution in [1.82, 2.24) is 9.97 Å². The van der Waals surface area contributed by atoms with Crippen LogP contribution in [0.25, 0.3) is 11.0 Å². The van der Waals surface area contributed by atoms with Crippen LogP contribution in [0, 0.1) is 3.57 Å². The summed E-state index contributed by atoms with van der Waals surface area (Å²) >= 11 is -1.20. The Kier molecular flexibility index (Phi) is 3.84. The Morgan fingerprint density at radius 2 is 1.89 bits per heavy atom. The number of halogens is 4. The van der Waals surface area contributed by atoms with Gasteiger partial charge in [-0.2, -0.15) is 0 Å². The number of benzene rings is 1. The van der Waals surface area contributed by atoms with Crippen LogP contribution in [0.3, 0.4) is 0 Å². The summed E-state index contributed by atoms with van der Waals surface area (Å²) < 4.78 is 41.1. The molecule has 2 aromatic rings. The first-order chi connectivity index (χ1) is 8.45. The second kappa shape index (κ2) is 5.07. The third-order valence-corrected chi connectivity index (χ3v) is 8.78. The molecule has 0 radical (unpaired) electrons. The number of alkyl halides is 5. The van der Waals surface area contributed by atoms with Crippen molar-refractivity contribution >= 4 is 30.9 Å². The van der Waals surface area contributed by atoms with Crippen LogP contribution in [0.5, 0.6) is 0 Å². The summed E-state index contributed by atoms with van der Waals surface area (Å²) in [6.07, 6.45) is -4.41. The average Bonchev–Trinajstić information content (AvgIpc) is 2.73. The summed E-state index contributed by atoms with van der Waals surface area (Å²) in [6, 6.07) is 5.46. The zero-order valence-electron chi connectivity index (χ0n) is 10.1. The molecular weight excluding hydrogens is 356 g/mol. The van der Waals surface area contributed by atoms with Crippen molar-refractivity contribution in [3.8, 4) is 0 Å². The Morgan fingerprint density at radius 1 is 1.22 bits per heavy atom. The second-order valence-corrected chi connectivity index (χ2v) is 10.6. The summed E-state index contributed by atoms with van der Waals surface area (Å²) in [5.74, 6) is -0.914. The topological polar surface area (TPSA) is 28.7 Å². The monoisotopic (exact) mass is 370 g/mol. The van der Waals surface area contributed by atoms with E-state index in [9.17, 15) is 13.2 Å². The number of hydrogen-bond acceptors (Lipinski definition) is 1. The fourth-order valence-electron chi connectivity index (χ4n) is 1.78. The molecule has 0 unspecified atom stereocenters. The van der Waals surface area contributed by atoms with Gasteiger partial charge in [-0.25, -0.2) is 0 Å². The molecule has 0 atom stereocenters. The number of hydrogen-bond donors (Lipinski definition) is 1. The van der Waals surface area contributed by atoms with E-state index in [1.807, 2.05) is 12.1 Å². The summed E-state index contributed by atoms with van der Waals surface area (Å²) in [5.41, 5.74) is 0.873. The summed E-state index contributed by atoms with van der Waals surface area (Å²) in [7, 11) is 0. The number of nitrogens with one attached hydrogen (secondary N) is 1. The van der Waals surface area contributed by atoms with Crippen LogP contribution >= 0.6 is 19.8 Å². The molecule has 0 aliphatic rings. The number of fused-ring (bicyclic) bond motifs is 1. The van der Waals surface area contributed by atoms with E-state index in [2.05, 4.69) is 23.8 Å². The zero-order chi connectivity index (χ0) is 13.3. The molecular formula is C12H14F3IN2. The normalized spacial score (nSPS) is 13.1. The maximum absolute atomic E-state index is 12.5. The summed E-state index contributed by atoms with van der Waals surface area (Å²) in [6.45, 7) is 4.29. The second-order valence-electron chi connectivity index (χ2n) is 3.74. The molecule has 0 aliphatic carbocycles. The summed E-state index contributed by atoms with van der Waals surface area (Å²) in [5, 5.41) is 0. The van der Waals surface area contributed by atoms with E-state index in [-0.39, 0.29) is 0 Å². The molecule has 0 amide bonds. The molecule has 1 aromatic heterocycles. The molecule has 0 bridgehead atoms. The predicted octanol–water partition coefficient (Wildman–Crippen LogP) is 4.30. The van der Waals surface area contributed by atoms with Crippen LogP contribution in [-0.4, -0.2) is 18.8 Å². The molecule has 1 N–H and O–H groups in total. The van der Waals surface area contributed by atoms with Crippen molar-refractivity contribution in [3.05, 3.63) is 27.6 Å². The van der Waals surface area contributed by atoms with Crippen LogP contribution in [0.1, 0.15) is 19.7 Å². The van der Waals surface area contributed by atoms with Crippen LogP contribution in [0.15, 0.2) is 18.2 Å². The molecule has 0 spiro atoms. The first-order valence-corrected chi connectivity index (χ1v) is 9.77. The van der Waals surface area contributed by atoms with Gasteiger partial charge in [0.05, 0.1) is 0 Å². The van der Waals surface area contributed by atoms with E-state index in [4.69, 9.17) is 0 Å². The van der Waals surface area contributed by atoms with Crippen LogP contribution in [0.4, 0.5) is 13.2 Å². The first kappa shape index (κ1) is 13.6. The fraction of sp³-hybridized carbons (Fsp3) is 0.417. The molecule has 1 aromatic carbocycles. The van der Waals surface area contributed by atoms with Gasteiger partial charge < -0.3 is 0 Å². The SMILES string of the molecule is CCI(CC)c1ccc2nc(C(F)(F)F)[nH]c2c1. The van der Waals surface area contributed by atoms with Crippen molar-refractivity contribution in [3.63, 3.8) is 0 Å². The molecule has 0 aliphatic heterocycles. The van der Waals surface area contributed by atoms with E-state index in [1.54, 1.807) is 6.07 Å². The van der Waals surface area contributed by atoms with Crippen molar-refractivity contribution in [2.45, 2.75) is 20.0 Å². The minimum absolute atomic E-state index is 0.383. The van der Waals surface area contributed by atoms with Gasteiger partial charge in [0.15, 0.2) is 0 Å². The predicted molar refractivity (Wildman–Crippen MR) is 74.9 cm³/mol. The quantitative estimate of drug-likeness (QED) is 0.634. The Bertz CT molecular complexity index is 544. The summed E-state index contributed by atoms with van der Waals surface area (Å²) in [4.78, 5) is 5.94. The molecule has 2 rings (SSSR count). The van der Waals surface area contributed by atoms with Crippen molar-refractivity contribution in [2.75, 3.05) is 8.86 Å². The van der Waals surface area contributed by atoms with Gasteiger partial charge in [0, 0.05) is 0 Å². The van der Waals surface area contributed by atoms with E-state index in [1.165, 1.54) is 3.57 Å². The van der Waals surface area contributed by atoms with Crippen LogP contribution in [-0.2, 0) is 6.18 Å². The van der Waals surface area contributed by atoms with Gasteiger partial charge in [0.1, 0.15) is 0 Å². The number of rotatable bonds is 3. The van der Waals surface area contributed by atoms with Crippen molar-refractivity contribution in [2.24, 2.45) is 0 Å². The van der Waals surface area contributed by atoms with Crippen LogP contribution < -0.4 is 0 Å². The Labute approximate surface area is 110 Å². The van der Waals surface area contributed by atoms with E-state index >= 15 is 0 Å². The first-order valence-electron chi connectivity index (χ1n) is 5.64. The van der Waals surface area contributed by atoms with Gasteiger partial charge in [-0.05, 0) is 0 Å². The van der Waals surface area contributed by atoms with Gasteiger partial charge in [-0.3, -0.25) is 0 Å². The molecule has 2 nitrogen and oxygen atoms in total. The number of imidazole rings is 1. The van der Waals surface area contributed by atoms with E-state index < -0.39 is 31.8 Å². The van der Waals surface area contributed by atoms with Gasteiger partial charge in [-0.1, -0.05) is 0 Å². The molecule has 18 heavy (non-hydrogen) atoms. The Hall–Kier alpha value is -0.790. The fourth-order valence-corrected chi connectivity index (χ4v) is 6.06. The molecule has 100 valence electrons. The number of aromatic nitrogens is 2. The average molecular weight is 370 g/mol. The van der Waals surface area contributed by atoms with Gasteiger partial charge in [0.25, 0.3) is 0 Å². The molecule has 1 heterocycles. The van der Waals surface area contributed by atoms with Gasteiger partial charge in [0.2, 0.25) is 0 Å². The number of aromatic amines is 1. The molecule has 6 heteroatoms. The standard InChI is InChI=1S/C12H14F3IN2/c1-3-16(4-2)8-5-6-9-10(7-8)18-11(17-9)12(13,14)15/h5-7H,3-4H2,1-2H3,(H,17,18). The minimum atomic E-state index is -4.41. The third kappa shape index (κ3) is 2.62. The molecule has 0 fully saturated rings. The molecule has 0 saturated carbocycles. The maximum atomic E-state index is 12.5. The van der Waals surface area contributed by atoms with E-state index in [0.717, 1.165) is 8.86 Å². The van der Waals surface area contributed by atoms with Gasteiger partial charge >= 0.3 is 110 Å². The number of H-pyrrole nitrogens is 1. The Morgan fingerprint density at radius 3 is 2.44 bits per heavy atom. The zero-order valence-corrected chi connectivity index (χ0v) is 12.3. The van der Waals surface area contributed by atoms with Crippen molar-refractivity contribution < 1.29 is 13.2 Å². The number of nitrogens with zero attached hydrogens (tertiary/aromatic N) is 1. The van der Waals surface area contributed by atoms with E-state index in [0.29, 0.717) is 11.0 Å². The van der Waals surface area contributed by atoms with Gasteiger partial charge in [-0.15, -0.1) is 0 Å².